The summed E-state index contributed by atoms with van der Waals surface area (Å²) in [6.07, 6.45) is 0. The fourth-order valence-electron chi connectivity index (χ4n) is 0.943. The van der Waals surface area contributed by atoms with Crippen molar-refractivity contribution in [2.45, 2.75) is 11.8 Å². The van der Waals surface area contributed by atoms with Crippen LogP contribution in [0.4, 0.5) is 10.6 Å². The molecule has 0 saturated heterocycles. The number of amides is 2. The van der Waals surface area contributed by atoms with E-state index >= 15 is 0 Å². The summed E-state index contributed by atoms with van der Waals surface area (Å²) in [5, 5.41) is 5.06. The Hall–Kier alpha value is -1.00. The highest BCUT2D eigenvalue weighted by molar-refractivity contribution is 6.44. The van der Waals surface area contributed by atoms with Crippen LogP contribution in [0.1, 0.15) is 5.69 Å². The van der Waals surface area contributed by atoms with Crippen molar-refractivity contribution in [3.8, 4) is 0 Å². The Morgan fingerprint density at radius 3 is 2.87 bits per heavy atom. The number of urea groups is 1. The second-order valence-electron chi connectivity index (χ2n) is 2.89. The summed E-state index contributed by atoms with van der Waals surface area (Å²) < 4.78 is 0. The van der Waals surface area contributed by atoms with E-state index in [0.29, 0.717) is 5.82 Å². The third-order valence-corrected chi connectivity index (χ3v) is 1.86. The average molecular weight is 248 g/mol. The van der Waals surface area contributed by atoms with Gasteiger partial charge in [0, 0.05) is 12.2 Å². The predicted molar refractivity (Wildman–Crippen MR) is 61.5 cm³/mol. The number of nitrogens with zero attached hydrogens (tertiary/aromatic N) is 1. The Kier molecular flexibility index (Phi) is 4.65. The molecule has 0 spiro atoms. The molecule has 6 heteroatoms. The topological polar surface area (TPSA) is 54.0 Å². The molecule has 1 aromatic heterocycles. The van der Waals surface area contributed by atoms with Gasteiger partial charge >= 0.3 is 6.03 Å². The highest BCUT2D eigenvalue weighted by Crippen LogP contribution is 2.03. The summed E-state index contributed by atoms with van der Waals surface area (Å²) in [5.74, 6) is 0.494. The van der Waals surface area contributed by atoms with Crippen LogP contribution in [0.2, 0.25) is 0 Å². The maximum atomic E-state index is 11.2. The number of hydrogen-bond donors (Lipinski definition) is 2. The summed E-state index contributed by atoms with van der Waals surface area (Å²) >= 11 is 10.9. The molecule has 0 bridgehead atoms. The number of carbonyl (C=O) groups is 1. The Morgan fingerprint density at radius 1 is 1.53 bits per heavy atom. The van der Waals surface area contributed by atoms with Gasteiger partial charge in [0.2, 0.25) is 0 Å². The molecule has 15 heavy (non-hydrogen) atoms. The van der Waals surface area contributed by atoms with E-state index in [4.69, 9.17) is 23.2 Å². The number of pyridine rings is 1. The molecule has 1 aromatic rings. The van der Waals surface area contributed by atoms with Gasteiger partial charge in [0.15, 0.2) is 0 Å². The van der Waals surface area contributed by atoms with E-state index in [1.165, 1.54) is 0 Å². The van der Waals surface area contributed by atoms with Crippen molar-refractivity contribution in [3.05, 3.63) is 23.9 Å². The van der Waals surface area contributed by atoms with Crippen molar-refractivity contribution >= 4 is 35.1 Å². The molecule has 82 valence electrons. The number of nitrogens with one attached hydrogen (secondary N) is 2. The Balaban J connectivity index is 2.44. The van der Waals surface area contributed by atoms with Crippen LogP contribution in [-0.2, 0) is 0 Å². The van der Waals surface area contributed by atoms with Crippen molar-refractivity contribution in [1.29, 1.82) is 0 Å². The van der Waals surface area contributed by atoms with Gasteiger partial charge < -0.3 is 5.32 Å². The largest absolute Gasteiger partial charge is 0.335 e. The van der Waals surface area contributed by atoms with Gasteiger partial charge in [0.05, 0.1) is 0 Å². The summed E-state index contributed by atoms with van der Waals surface area (Å²) in [6, 6.07) is 4.98. The smallest absolute Gasteiger partial charge is 0.320 e. The lowest BCUT2D eigenvalue weighted by atomic mass is 10.4. The fourth-order valence-corrected chi connectivity index (χ4v) is 1.10. The molecular formula is C9H11Cl2N3O. The molecular weight excluding hydrogens is 237 g/mol. The van der Waals surface area contributed by atoms with Gasteiger partial charge in [-0.3, -0.25) is 5.32 Å². The summed E-state index contributed by atoms with van der Waals surface area (Å²) in [5.41, 5.74) is 0.834. The van der Waals surface area contributed by atoms with Crippen LogP contribution in [0.25, 0.3) is 0 Å². The highest BCUT2D eigenvalue weighted by atomic mass is 35.5. The van der Waals surface area contributed by atoms with Crippen LogP contribution in [0.3, 0.4) is 0 Å². The minimum atomic E-state index is -0.610. The fraction of sp³-hybridized carbons (Fsp3) is 0.333. The van der Waals surface area contributed by atoms with Crippen LogP contribution in [0.15, 0.2) is 18.2 Å². The van der Waals surface area contributed by atoms with Gasteiger partial charge in [-0.2, -0.15) is 0 Å². The van der Waals surface area contributed by atoms with Gasteiger partial charge in [0.25, 0.3) is 0 Å². The minimum absolute atomic E-state index is 0.195. The number of halogens is 2. The highest BCUT2D eigenvalue weighted by Gasteiger charge is 2.04. The van der Waals surface area contributed by atoms with Gasteiger partial charge in [-0.1, -0.05) is 6.07 Å². The standard InChI is InChI=1S/C9H11Cl2N3O/c1-6-3-2-4-8(13-6)14-9(15)12-5-7(10)11/h2-4,7H,5H2,1H3,(H2,12,13,14,15). The third-order valence-electron chi connectivity index (χ3n) is 1.55. The number of anilines is 1. The van der Waals surface area contributed by atoms with E-state index in [1.54, 1.807) is 6.07 Å². The van der Waals surface area contributed by atoms with E-state index < -0.39 is 4.84 Å². The number of aromatic nitrogens is 1. The molecule has 0 atom stereocenters. The normalized spacial score (nSPS) is 10.1. The van der Waals surface area contributed by atoms with Gasteiger partial charge in [-0.25, -0.2) is 9.78 Å². The number of alkyl halides is 2. The molecule has 2 N–H and O–H groups in total. The lowest BCUT2D eigenvalue weighted by Gasteiger charge is -2.07. The van der Waals surface area contributed by atoms with Crippen LogP contribution in [0.5, 0.6) is 0 Å². The molecule has 0 unspecified atom stereocenters. The lowest BCUT2D eigenvalue weighted by Crippen LogP contribution is -2.32. The molecule has 0 aliphatic heterocycles. The minimum Gasteiger partial charge on any atom is -0.335 e. The van der Waals surface area contributed by atoms with Crippen LogP contribution in [0, 0.1) is 6.92 Å². The maximum absolute atomic E-state index is 11.2. The average Bonchev–Trinajstić information content (AvgIpc) is 2.15. The van der Waals surface area contributed by atoms with E-state index in [9.17, 15) is 4.79 Å². The first-order valence-electron chi connectivity index (χ1n) is 4.34. The summed E-state index contributed by atoms with van der Waals surface area (Å²) in [6.45, 7) is 2.04. The molecule has 0 radical (unpaired) electrons. The first kappa shape index (κ1) is 12.1. The molecule has 0 aliphatic rings. The zero-order valence-corrected chi connectivity index (χ0v) is 9.64. The van der Waals surface area contributed by atoms with E-state index in [-0.39, 0.29) is 12.6 Å². The van der Waals surface area contributed by atoms with Crippen molar-refractivity contribution in [3.63, 3.8) is 0 Å². The van der Waals surface area contributed by atoms with Crippen LogP contribution >= 0.6 is 23.2 Å². The Labute approximate surface area is 98.0 Å². The van der Waals surface area contributed by atoms with Crippen molar-refractivity contribution in [2.24, 2.45) is 0 Å². The zero-order valence-electron chi connectivity index (χ0n) is 8.13. The maximum Gasteiger partial charge on any atom is 0.320 e. The van der Waals surface area contributed by atoms with Gasteiger partial charge in [-0.05, 0) is 19.1 Å². The lowest BCUT2D eigenvalue weighted by molar-refractivity contribution is 0.252. The number of rotatable bonds is 3. The monoisotopic (exact) mass is 247 g/mol. The first-order chi connectivity index (χ1) is 7.08. The molecule has 0 fully saturated rings. The number of aryl methyl sites for hydroxylation is 1. The molecule has 0 aliphatic carbocycles. The molecule has 0 aromatic carbocycles. The van der Waals surface area contributed by atoms with Crippen LogP contribution < -0.4 is 10.6 Å². The number of hydrogen-bond acceptors (Lipinski definition) is 2. The second-order valence-corrected chi connectivity index (χ2v) is 4.17. The van der Waals surface area contributed by atoms with Gasteiger partial charge in [0.1, 0.15) is 10.7 Å². The van der Waals surface area contributed by atoms with E-state index in [2.05, 4.69) is 15.6 Å². The predicted octanol–water partition coefficient (Wildman–Crippen LogP) is 2.32. The van der Waals surface area contributed by atoms with Crippen molar-refractivity contribution in [1.82, 2.24) is 10.3 Å². The van der Waals surface area contributed by atoms with Crippen LogP contribution in [-0.4, -0.2) is 22.4 Å². The molecule has 1 rings (SSSR count). The zero-order chi connectivity index (χ0) is 11.3. The SMILES string of the molecule is Cc1cccc(NC(=O)NCC(Cl)Cl)n1. The third kappa shape index (κ3) is 4.85. The first-order valence-corrected chi connectivity index (χ1v) is 5.22. The molecule has 2 amide bonds. The summed E-state index contributed by atoms with van der Waals surface area (Å²) in [4.78, 5) is 14.7. The van der Waals surface area contributed by atoms with E-state index in [1.807, 2.05) is 19.1 Å². The molecule has 4 nitrogen and oxygen atoms in total. The van der Waals surface area contributed by atoms with Gasteiger partial charge in [-0.15, -0.1) is 23.2 Å². The molecule has 1 heterocycles. The number of carbonyl (C=O) groups excluding carboxylic acids is 1. The van der Waals surface area contributed by atoms with E-state index in [0.717, 1.165) is 5.69 Å². The van der Waals surface area contributed by atoms with Crippen molar-refractivity contribution in [2.75, 3.05) is 11.9 Å². The quantitative estimate of drug-likeness (QED) is 0.806. The van der Waals surface area contributed by atoms with Crippen molar-refractivity contribution < 1.29 is 4.79 Å². The second kappa shape index (κ2) is 5.78. The summed E-state index contributed by atoms with van der Waals surface area (Å²) in [7, 11) is 0. The molecule has 0 saturated carbocycles. The Bertz CT molecular complexity index is 344. The Morgan fingerprint density at radius 2 is 2.27 bits per heavy atom.